The van der Waals surface area contributed by atoms with E-state index in [1.165, 1.54) is 0 Å². The van der Waals surface area contributed by atoms with Crippen molar-refractivity contribution in [3.8, 4) is 5.88 Å². The molecule has 0 spiro atoms. The zero-order valence-electron chi connectivity index (χ0n) is 11.1. The highest BCUT2D eigenvalue weighted by Crippen LogP contribution is 2.26. The minimum absolute atomic E-state index is 0.00908. The van der Waals surface area contributed by atoms with Crippen molar-refractivity contribution in [3.05, 3.63) is 60.2 Å². The SMILES string of the molecule is OCCOc1c2ccccc2nn1Cc1ccccc1. The van der Waals surface area contributed by atoms with Crippen molar-refractivity contribution < 1.29 is 9.84 Å². The Morgan fingerprint density at radius 3 is 2.55 bits per heavy atom. The van der Waals surface area contributed by atoms with Crippen LogP contribution in [0.5, 0.6) is 5.88 Å². The van der Waals surface area contributed by atoms with Crippen LogP contribution < -0.4 is 4.74 Å². The topological polar surface area (TPSA) is 47.3 Å². The highest BCUT2D eigenvalue weighted by Gasteiger charge is 2.12. The van der Waals surface area contributed by atoms with E-state index >= 15 is 0 Å². The summed E-state index contributed by atoms with van der Waals surface area (Å²) in [6.07, 6.45) is 0. The average Bonchev–Trinajstić information content (AvgIpc) is 2.83. The van der Waals surface area contributed by atoms with Crippen LogP contribution in [0.25, 0.3) is 10.9 Å². The van der Waals surface area contributed by atoms with Gasteiger partial charge in [0.05, 0.1) is 24.1 Å². The molecule has 3 aromatic rings. The summed E-state index contributed by atoms with van der Waals surface area (Å²) < 4.78 is 7.51. The van der Waals surface area contributed by atoms with Gasteiger partial charge >= 0.3 is 0 Å². The molecular weight excluding hydrogens is 252 g/mol. The molecule has 20 heavy (non-hydrogen) atoms. The molecule has 0 amide bonds. The number of aliphatic hydroxyl groups excluding tert-OH is 1. The number of nitrogens with zero attached hydrogens (tertiary/aromatic N) is 2. The van der Waals surface area contributed by atoms with Gasteiger partial charge in [0.1, 0.15) is 6.61 Å². The van der Waals surface area contributed by atoms with E-state index in [0.29, 0.717) is 12.4 Å². The largest absolute Gasteiger partial charge is 0.475 e. The number of ether oxygens (including phenoxy) is 1. The van der Waals surface area contributed by atoms with E-state index in [2.05, 4.69) is 17.2 Å². The molecule has 1 N–H and O–H groups in total. The summed E-state index contributed by atoms with van der Waals surface area (Å²) in [6.45, 7) is 0.908. The van der Waals surface area contributed by atoms with Gasteiger partial charge in [0.25, 0.3) is 0 Å². The monoisotopic (exact) mass is 268 g/mol. The molecule has 1 aromatic heterocycles. The lowest BCUT2D eigenvalue weighted by molar-refractivity contribution is 0.192. The van der Waals surface area contributed by atoms with Crippen LogP contribution in [0.3, 0.4) is 0 Å². The summed E-state index contributed by atoms with van der Waals surface area (Å²) in [5.41, 5.74) is 2.06. The normalized spacial score (nSPS) is 10.8. The highest BCUT2D eigenvalue weighted by molar-refractivity contribution is 5.84. The first-order valence-electron chi connectivity index (χ1n) is 6.61. The van der Waals surface area contributed by atoms with E-state index < -0.39 is 0 Å². The lowest BCUT2D eigenvalue weighted by Crippen LogP contribution is -2.09. The second kappa shape index (κ2) is 5.75. The van der Waals surface area contributed by atoms with Crippen LogP contribution in [0, 0.1) is 0 Å². The fraction of sp³-hybridized carbons (Fsp3) is 0.188. The van der Waals surface area contributed by atoms with E-state index in [4.69, 9.17) is 9.84 Å². The van der Waals surface area contributed by atoms with Gasteiger partial charge in [-0.3, -0.25) is 0 Å². The first kappa shape index (κ1) is 12.7. The molecule has 0 aliphatic rings. The van der Waals surface area contributed by atoms with Crippen LogP contribution in [0.15, 0.2) is 54.6 Å². The third-order valence-electron chi connectivity index (χ3n) is 3.10. The van der Waals surface area contributed by atoms with Crippen LogP contribution in [-0.4, -0.2) is 28.1 Å². The van der Waals surface area contributed by atoms with Gasteiger partial charge in [-0.2, -0.15) is 5.10 Å². The van der Waals surface area contributed by atoms with Crippen molar-refractivity contribution in [2.45, 2.75) is 6.54 Å². The number of aliphatic hydroxyl groups is 1. The summed E-state index contributed by atoms with van der Waals surface area (Å²) in [5.74, 6) is 0.707. The van der Waals surface area contributed by atoms with Gasteiger partial charge in [0.15, 0.2) is 0 Å². The lowest BCUT2D eigenvalue weighted by atomic mass is 10.2. The van der Waals surface area contributed by atoms with E-state index in [0.717, 1.165) is 16.5 Å². The van der Waals surface area contributed by atoms with Crippen molar-refractivity contribution >= 4 is 10.9 Å². The van der Waals surface area contributed by atoms with Crippen LogP contribution >= 0.6 is 0 Å². The van der Waals surface area contributed by atoms with Crippen molar-refractivity contribution in [1.29, 1.82) is 0 Å². The van der Waals surface area contributed by atoms with Crippen molar-refractivity contribution in [3.63, 3.8) is 0 Å². The number of benzene rings is 2. The summed E-state index contributed by atoms with van der Waals surface area (Å²) in [6, 6.07) is 18.0. The number of rotatable bonds is 5. The van der Waals surface area contributed by atoms with E-state index in [-0.39, 0.29) is 13.2 Å². The first-order valence-corrected chi connectivity index (χ1v) is 6.61. The minimum atomic E-state index is -0.00908. The molecule has 4 nitrogen and oxygen atoms in total. The summed E-state index contributed by atoms with van der Waals surface area (Å²) >= 11 is 0. The second-order valence-electron chi connectivity index (χ2n) is 4.54. The molecule has 0 radical (unpaired) electrons. The van der Waals surface area contributed by atoms with Crippen molar-refractivity contribution in [1.82, 2.24) is 9.78 Å². The van der Waals surface area contributed by atoms with Gasteiger partial charge in [-0.15, -0.1) is 0 Å². The molecule has 0 saturated heterocycles. The number of fused-ring (bicyclic) bond motifs is 1. The van der Waals surface area contributed by atoms with Crippen molar-refractivity contribution in [2.75, 3.05) is 13.2 Å². The molecule has 0 atom stereocenters. The predicted octanol–water partition coefficient (Wildman–Crippen LogP) is 2.46. The highest BCUT2D eigenvalue weighted by atomic mass is 16.5. The van der Waals surface area contributed by atoms with Gasteiger partial charge in [-0.1, -0.05) is 42.5 Å². The Hall–Kier alpha value is -2.33. The molecule has 4 heteroatoms. The maximum absolute atomic E-state index is 8.96. The van der Waals surface area contributed by atoms with Gasteiger partial charge in [-0.05, 0) is 17.7 Å². The zero-order chi connectivity index (χ0) is 13.8. The quantitative estimate of drug-likeness (QED) is 0.773. The van der Waals surface area contributed by atoms with Gasteiger partial charge in [0, 0.05) is 0 Å². The van der Waals surface area contributed by atoms with Gasteiger partial charge in [0.2, 0.25) is 5.88 Å². The number of hydrogen-bond donors (Lipinski definition) is 1. The van der Waals surface area contributed by atoms with E-state index in [1.54, 1.807) is 0 Å². The molecule has 2 aromatic carbocycles. The van der Waals surface area contributed by atoms with Crippen molar-refractivity contribution in [2.24, 2.45) is 0 Å². The van der Waals surface area contributed by atoms with Gasteiger partial charge in [-0.25, -0.2) is 4.68 Å². The average molecular weight is 268 g/mol. The predicted molar refractivity (Wildman–Crippen MR) is 77.9 cm³/mol. The van der Waals surface area contributed by atoms with Crippen LogP contribution in [-0.2, 0) is 6.54 Å². The fourth-order valence-electron chi connectivity index (χ4n) is 2.21. The molecular formula is C16H16N2O2. The molecule has 0 saturated carbocycles. The molecule has 102 valence electrons. The Labute approximate surface area is 117 Å². The van der Waals surface area contributed by atoms with Crippen LogP contribution in [0.2, 0.25) is 0 Å². The van der Waals surface area contributed by atoms with Gasteiger partial charge < -0.3 is 9.84 Å². The van der Waals surface area contributed by atoms with Crippen LogP contribution in [0.4, 0.5) is 0 Å². The molecule has 1 heterocycles. The second-order valence-corrected chi connectivity index (χ2v) is 4.54. The molecule has 0 aliphatic carbocycles. The molecule has 0 aliphatic heterocycles. The Bertz CT molecular complexity index is 692. The third kappa shape index (κ3) is 2.51. The summed E-state index contributed by atoms with van der Waals surface area (Å²) in [4.78, 5) is 0. The Balaban J connectivity index is 2.00. The fourth-order valence-corrected chi connectivity index (χ4v) is 2.21. The molecule has 3 rings (SSSR count). The summed E-state index contributed by atoms with van der Waals surface area (Å²) in [7, 11) is 0. The smallest absolute Gasteiger partial charge is 0.220 e. The molecule has 0 unspecified atom stereocenters. The Kier molecular flexibility index (Phi) is 3.65. The Morgan fingerprint density at radius 1 is 1.00 bits per heavy atom. The number of aromatic nitrogens is 2. The molecule has 0 fully saturated rings. The van der Waals surface area contributed by atoms with E-state index in [9.17, 15) is 0 Å². The summed E-state index contributed by atoms with van der Waals surface area (Å²) in [5, 5.41) is 14.5. The first-order chi connectivity index (χ1) is 9.88. The van der Waals surface area contributed by atoms with E-state index in [1.807, 2.05) is 47.1 Å². The maximum atomic E-state index is 8.96. The molecule has 0 bridgehead atoms. The maximum Gasteiger partial charge on any atom is 0.220 e. The Morgan fingerprint density at radius 2 is 1.75 bits per heavy atom. The lowest BCUT2D eigenvalue weighted by Gasteiger charge is -2.08. The minimum Gasteiger partial charge on any atom is -0.475 e. The third-order valence-corrected chi connectivity index (χ3v) is 3.10. The zero-order valence-corrected chi connectivity index (χ0v) is 11.1. The van der Waals surface area contributed by atoms with Crippen LogP contribution in [0.1, 0.15) is 5.56 Å². The standard InChI is InChI=1S/C16H16N2O2/c19-10-11-20-16-14-8-4-5-9-15(14)17-18(16)12-13-6-2-1-3-7-13/h1-9,19H,10-12H2. The number of hydrogen-bond acceptors (Lipinski definition) is 3.